The molecule has 0 N–H and O–H groups in total. The van der Waals surface area contributed by atoms with Crippen LogP contribution in [-0.2, 0) is 0 Å². The first-order valence-corrected chi connectivity index (χ1v) is 6.72. The van der Waals surface area contributed by atoms with Crippen LogP contribution in [0, 0.1) is 24.7 Å². The van der Waals surface area contributed by atoms with Gasteiger partial charge in [0, 0.05) is 0 Å². The first-order chi connectivity index (χ1) is 7.57. The third kappa shape index (κ3) is 8.76. The molecule has 16 heavy (non-hydrogen) atoms. The van der Waals surface area contributed by atoms with Crippen molar-refractivity contribution < 1.29 is 0 Å². The SMILES string of the molecule is [CH2]C(C)C(C)CC/C=C/C/C=C/C(C)CC. The van der Waals surface area contributed by atoms with Gasteiger partial charge in [0.2, 0.25) is 0 Å². The molecular formula is C16H29. The molecule has 0 fully saturated rings. The van der Waals surface area contributed by atoms with Gasteiger partial charge < -0.3 is 0 Å². The van der Waals surface area contributed by atoms with Crippen molar-refractivity contribution in [3.05, 3.63) is 31.2 Å². The Balaban J connectivity index is 3.52. The van der Waals surface area contributed by atoms with Crippen LogP contribution in [0.3, 0.4) is 0 Å². The molecule has 3 atom stereocenters. The summed E-state index contributed by atoms with van der Waals surface area (Å²) in [5.74, 6) is 2.03. The van der Waals surface area contributed by atoms with Crippen molar-refractivity contribution in [3.63, 3.8) is 0 Å². The van der Waals surface area contributed by atoms with Gasteiger partial charge in [-0.25, -0.2) is 0 Å². The van der Waals surface area contributed by atoms with Crippen molar-refractivity contribution in [3.8, 4) is 0 Å². The number of hydrogen-bond donors (Lipinski definition) is 0. The highest BCUT2D eigenvalue weighted by Crippen LogP contribution is 2.15. The average molecular weight is 221 g/mol. The minimum atomic E-state index is 0.568. The van der Waals surface area contributed by atoms with Gasteiger partial charge in [-0.3, -0.25) is 0 Å². The summed E-state index contributed by atoms with van der Waals surface area (Å²) in [7, 11) is 0. The molecule has 1 radical (unpaired) electrons. The van der Waals surface area contributed by atoms with Gasteiger partial charge in [-0.1, -0.05) is 65.3 Å². The van der Waals surface area contributed by atoms with E-state index in [0.29, 0.717) is 5.92 Å². The third-order valence-electron chi connectivity index (χ3n) is 3.31. The van der Waals surface area contributed by atoms with Crippen LogP contribution in [0.2, 0.25) is 0 Å². The van der Waals surface area contributed by atoms with Gasteiger partial charge in [-0.05, 0) is 37.0 Å². The zero-order chi connectivity index (χ0) is 12.4. The lowest BCUT2D eigenvalue weighted by atomic mass is 9.93. The Morgan fingerprint density at radius 1 is 1.06 bits per heavy atom. The molecule has 3 unspecified atom stereocenters. The number of rotatable bonds is 8. The predicted octanol–water partition coefficient (Wildman–Crippen LogP) is 5.42. The van der Waals surface area contributed by atoms with Crippen molar-refractivity contribution in [1.82, 2.24) is 0 Å². The Morgan fingerprint density at radius 3 is 2.31 bits per heavy atom. The van der Waals surface area contributed by atoms with Crippen molar-refractivity contribution >= 4 is 0 Å². The third-order valence-corrected chi connectivity index (χ3v) is 3.31. The van der Waals surface area contributed by atoms with Crippen LogP contribution in [0.25, 0.3) is 0 Å². The second-order valence-electron chi connectivity index (χ2n) is 5.05. The van der Waals surface area contributed by atoms with E-state index < -0.39 is 0 Å². The quantitative estimate of drug-likeness (QED) is 0.480. The van der Waals surface area contributed by atoms with Crippen molar-refractivity contribution in [2.24, 2.45) is 17.8 Å². The van der Waals surface area contributed by atoms with Gasteiger partial charge in [-0.15, -0.1) is 0 Å². The fourth-order valence-electron chi connectivity index (χ4n) is 1.38. The smallest absolute Gasteiger partial charge is 0.0169 e. The summed E-state index contributed by atoms with van der Waals surface area (Å²) in [4.78, 5) is 0. The van der Waals surface area contributed by atoms with Gasteiger partial charge in [0.05, 0.1) is 0 Å². The molecule has 0 heteroatoms. The molecule has 0 nitrogen and oxygen atoms in total. The molecule has 0 saturated heterocycles. The summed E-state index contributed by atoms with van der Waals surface area (Å²) < 4.78 is 0. The van der Waals surface area contributed by atoms with Crippen LogP contribution in [0.5, 0.6) is 0 Å². The second kappa shape index (κ2) is 9.69. The summed E-state index contributed by atoms with van der Waals surface area (Å²) in [6.45, 7) is 13.0. The van der Waals surface area contributed by atoms with Gasteiger partial charge in [0.1, 0.15) is 0 Å². The zero-order valence-corrected chi connectivity index (χ0v) is 11.6. The molecule has 0 bridgehead atoms. The fraction of sp³-hybridized carbons (Fsp3) is 0.688. The van der Waals surface area contributed by atoms with Crippen LogP contribution < -0.4 is 0 Å². The molecule has 0 heterocycles. The lowest BCUT2D eigenvalue weighted by Crippen LogP contribution is -2.02. The van der Waals surface area contributed by atoms with E-state index in [4.69, 9.17) is 0 Å². The van der Waals surface area contributed by atoms with Crippen LogP contribution in [0.4, 0.5) is 0 Å². The predicted molar refractivity (Wildman–Crippen MR) is 75.3 cm³/mol. The van der Waals surface area contributed by atoms with E-state index in [1.165, 1.54) is 19.3 Å². The summed E-state index contributed by atoms with van der Waals surface area (Å²) >= 11 is 0. The van der Waals surface area contributed by atoms with E-state index in [2.05, 4.69) is 58.9 Å². The van der Waals surface area contributed by atoms with Crippen molar-refractivity contribution in [2.45, 2.75) is 53.4 Å². The van der Waals surface area contributed by atoms with Crippen molar-refractivity contribution in [2.75, 3.05) is 0 Å². The van der Waals surface area contributed by atoms with E-state index in [-0.39, 0.29) is 0 Å². The highest BCUT2D eigenvalue weighted by Gasteiger charge is 2.04. The molecule has 0 aromatic rings. The molecule has 0 aliphatic heterocycles. The van der Waals surface area contributed by atoms with Gasteiger partial charge >= 0.3 is 0 Å². The topological polar surface area (TPSA) is 0 Å². The largest absolute Gasteiger partial charge is 0.0882 e. The molecule has 0 amide bonds. The minimum Gasteiger partial charge on any atom is -0.0882 e. The van der Waals surface area contributed by atoms with Crippen LogP contribution in [0.15, 0.2) is 24.3 Å². The van der Waals surface area contributed by atoms with Crippen LogP contribution in [-0.4, -0.2) is 0 Å². The Kier molecular flexibility index (Phi) is 9.37. The second-order valence-corrected chi connectivity index (χ2v) is 5.05. The first-order valence-electron chi connectivity index (χ1n) is 6.72. The van der Waals surface area contributed by atoms with Crippen LogP contribution in [0.1, 0.15) is 53.4 Å². The van der Waals surface area contributed by atoms with E-state index in [9.17, 15) is 0 Å². The van der Waals surface area contributed by atoms with E-state index in [1.54, 1.807) is 0 Å². The highest BCUT2D eigenvalue weighted by atomic mass is 14.1. The molecule has 0 aliphatic rings. The van der Waals surface area contributed by atoms with E-state index in [0.717, 1.165) is 18.3 Å². The Morgan fingerprint density at radius 2 is 1.75 bits per heavy atom. The van der Waals surface area contributed by atoms with Gasteiger partial charge in [0.25, 0.3) is 0 Å². The first kappa shape index (κ1) is 15.5. The molecule has 93 valence electrons. The van der Waals surface area contributed by atoms with Crippen molar-refractivity contribution in [1.29, 1.82) is 0 Å². The zero-order valence-electron chi connectivity index (χ0n) is 11.6. The maximum absolute atomic E-state index is 4.06. The Hall–Kier alpha value is -0.520. The Bertz CT molecular complexity index is 198. The van der Waals surface area contributed by atoms with Gasteiger partial charge in [0.15, 0.2) is 0 Å². The normalized spacial score (nSPS) is 16.4. The molecule has 0 saturated carbocycles. The number of allylic oxidation sites excluding steroid dienone is 4. The molecule has 0 spiro atoms. The molecule has 0 aromatic carbocycles. The number of hydrogen-bond acceptors (Lipinski definition) is 0. The molecule has 0 aromatic heterocycles. The molecule has 0 rings (SSSR count). The lowest BCUT2D eigenvalue weighted by molar-refractivity contribution is 0.429. The monoisotopic (exact) mass is 221 g/mol. The summed E-state index contributed by atoms with van der Waals surface area (Å²) in [5, 5.41) is 0. The average Bonchev–Trinajstić information content (AvgIpc) is 2.26. The van der Waals surface area contributed by atoms with E-state index >= 15 is 0 Å². The lowest BCUT2D eigenvalue weighted by Gasteiger charge is -2.13. The van der Waals surface area contributed by atoms with Gasteiger partial charge in [-0.2, -0.15) is 0 Å². The molecular weight excluding hydrogens is 192 g/mol. The summed E-state index contributed by atoms with van der Waals surface area (Å²) in [5.41, 5.74) is 0. The fourth-order valence-corrected chi connectivity index (χ4v) is 1.38. The summed E-state index contributed by atoms with van der Waals surface area (Å²) in [6.07, 6.45) is 13.9. The Labute approximate surface area is 103 Å². The highest BCUT2D eigenvalue weighted by molar-refractivity contribution is 4.94. The maximum atomic E-state index is 4.06. The maximum Gasteiger partial charge on any atom is -0.0169 e. The van der Waals surface area contributed by atoms with E-state index in [1.807, 2.05) is 0 Å². The minimum absolute atomic E-state index is 0.568. The van der Waals surface area contributed by atoms with Crippen LogP contribution >= 0.6 is 0 Å². The molecule has 0 aliphatic carbocycles. The summed E-state index contributed by atoms with van der Waals surface area (Å²) in [6, 6.07) is 0. The standard InChI is InChI=1S/C16H29/c1-6-15(4)12-10-8-7-9-11-13-16(5)14(2)3/h7,9-10,12,14-16H,2,6,8,11,13H2,1,3-5H3/b9-7+,12-10+.